The highest BCUT2D eigenvalue weighted by Crippen LogP contribution is 2.28. The zero-order valence-corrected chi connectivity index (χ0v) is 11.9. The Bertz CT molecular complexity index is 547. The third-order valence-corrected chi connectivity index (χ3v) is 5.28. The second-order valence-corrected chi connectivity index (χ2v) is 6.86. The number of hydrogen-bond donors (Lipinski definition) is 2. The average molecular weight is 285 g/mol. The van der Waals surface area contributed by atoms with Gasteiger partial charge in [0.25, 0.3) is 10.0 Å². The van der Waals surface area contributed by atoms with Crippen LogP contribution in [0.3, 0.4) is 0 Å². The second-order valence-electron chi connectivity index (χ2n) is 5.01. The van der Waals surface area contributed by atoms with Crippen molar-refractivity contribution in [3.05, 3.63) is 18.3 Å². The predicted octanol–water partition coefficient (Wildman–Crippen LogP) is 0.659. The Balaban J connectivity index is 2.28. The van der Waals surface area contributed by atoms with E-state index in [1.165, 1.54) is 10.5 Å². The molecule has 2 N–H and O–H groups in total. The van der Waals surface area contributed by atoms with Gasteiger partial charge in [-0.3, -0.25) is 0 Å². The molecule has 1 saturated heterocycles. The maximum Gasteiger partial charge on any atom is 0.262 e. The fourth-order valence-electron chi connectivity index (χ4n) is 2.12. The zero-order chi connectivity index (χ0) is 14.1. The van der Waals surface area contributed by atoms with Crippen molar-refractivity contribution in [1.29, 1.82) is 0 Å². The smallest absolute Gasteiger partial charge is 0.262 e. The number of anilines is 1. The van der Waals surface area contributed by atoms with E-state index in [2.05, 4.69) is 10.3 Å². The molecule has 106 valence electrons. The summed E-state index contributed by atoms with van der Waals surface area (Å²) in [6.07, 6.45) is 2.34. The minimum absolute atomic E-state index is 0.0408. The lowest BCUT2D eigenvalue weighted by molar-refractivity contribution is 0.0125. The molecule has 0 bridgehead atoms. The number of nitrogens with zero attached hydrogens (tertiary/aromatic N) is 2. The Morgan fingerprint density at radius 3 is 2.63 bits per heavy atom. The molecular formula is C12H19N3O3S. The number of rotatable bonds is 3. The number of sulfonamides is 1. The molecule has 1 fully saturated rings. The summed E-state index contributed by atoms with van der Waals surface area (Å²) < 4.78 is 26.4. The lowest BCUT2D eigenvalue weighted by atomic mass is 9.95. The van der Waals surface area contributed by atoms with Gasteiger partial charge < -0.3 is 10.4 Å². The average Bonchev–Trinajstić information content (AvgIpc) is 2.38. The third kappa shape index (κ3) is 2.88. The van der Waals surface area contributed by atoms with E-state index in [1.807, 2.05) is 0 Å². The first-order valence-corrected chi connectivity index (χ1v) is 7.66. The molecule has 2 rings (SSSR count). The molecule has 0 spiro atoms. The summed E-state index contributed by atoms with van der Waals surface area (Å²) in [4.78, 5) is 3.98. The van der Waals surface area contributed by atoms with Gasteiger partial charge >= 0.3 is 0 Å². The van der Waals surface area contributed by atoms with Crippen LogP contribution in [0.5, 0.6) is 0 Å². The van der Waals surface area contributed by atoms with Gasteiger partial charge in [0, 0.05) is 26.3 Å². The van der Waals surface area contributed by atoms with Gasteiger partial charge in [-0.05, 0) is 31.9 Å². The van der Waals surface area contributed by atoms with Crippen molar-refractivity contribution < 1.29 is 13.5 Å². The normalized spacial score (nSPS) is 20.2. The first-order valence-electron chi connectivity index (χ1n) is 6.22. The van der Waals surface area contributed by atoms with Crippen molar-refractivity contribution in [3.8, 4) is 0 Å². The molecule has 1 aliphatic heterocycles. The molecule has 1 aromatic rings. The molecular weight excluding hydrogens is 266 g/mol. The summed E-state index contributed by atoms with van der Waals surface area (Å²) in [5.41, 5.74) is -0.290. The summed E-state index contributed by atoms with van der Waals surface area (Å²) in [7, 11) is -1.94. The Kier molecular flexibility index (Phi) is 3.80. The second kappa shape index (κ2) is 5.07. The highest BCUT2D eigenvalue weighted by atomic mass is 32.2. The Hall–Kier alpha value is -1.18. The highest BCUT2D eigenvalue weighted by Gasteiger charge is 2.35. The van der Waals surface area contributed by atoms with E-state index >= 15 is 0 Å². The van der Waals surface area contributed by atoms with E-state index < -0.39 is 15.6 Å². The molecule has 0 aliphatic carbocycles. The van der Waals surface area contributed by atoms with Gasteiger partial charge in [-0.15, -0.1) is 0 Å². The molecule has 6 nitrogen and oxygen atoms in total. The van der Waals surface area contributed by atoms with Crippen LogP contribution in [0.2, 0.25) is 0 Å². The van der Waals surface area contributed by atoms with Crippen LogP contribution in [0.1, 0.15) is 19.8 Å². The van der Waals surface area contributed by atoms with E-state index in [-0.39, 0.29) is 5.03 Å². The van der Waals surface area contributed by atoms with Crippen LogP contribution in [0.4, 0.5) is 5.69 Å². The molecule has 0 aromatic carbocycles. The first-order chi connectivity index (χ1) is 8.87. The quantitative estimate of drug-likeness (QED) is 0.852. The van der Waals surface area contributed by atoms with Crippen molar-refractivity contribution in [2.24, 2.45) is 0 Å². The molecule has 2 heterocycles. The van der Waals surface area contributed by atoms with Crippen LogP contribution >= 0.6 is 0 Å². The first kappa shape index (κ1) is 14.2. The number of nitrogens with one attached hydrogen (secondary N) is 1. The Morgan fingerprint density at radius 2 is 2.05 bits per heavy atom. The largest absolute Gasteiger partial charge is 0.390 e. The molecule has 0 atom stereocenters. The number of hydrogen-bond acceptors (Lipinski definition) is 5. The van der Waals surface area contributed by atoms with Crippen molar-refractivity contribution in [3.63, 3.8) is 0 Å². The van der Waals surface area contributed by atoms with E-state index in [1.54, 1.807) is 26.1 Å². The van der Waals surface area contributed by atoms with Gasteiger partial charge in [-0.2, -0.15) is 4.31 Å². The van der Waals surface area contributed by atoms with Gasteiger partial charge in [-0.1, -0.05) is 0 Å². The van der Waals surface area contributed by atoms with E-state index in [0.717, 1.165) is 0 Å². The van der Waals surface area contributed by atoms with E-state index in [4.69, 9.17) is 0 Å². The van der Waals surface area contributed by atoms with E-state index in [9.17, 15) is 13.5 Å². The van der Waals surface area contributed by atoms with Crippen LogP contribution in [-0.2, 0) is 10.0 Å². The van der Waals surface area contributed by atoms with Crippen molar-refractivity contribution in [1.82, 2.24) is 9.29 Å². The molecule has 1 aliphatic rings. The molecule has 0 amide bonds. The van der Waals surface area contributed by atoms with Crippen molar-refractivity contribution in [2.45, 2.75) is 30.4 Å². The minimum atomic E-state index is -3.61. The summed E-state index contributed by atoms with van der Waals surface area (Å²) >= 11 is 0. The summed E-state index contributed by atoms with van der Waals surface area (Å²) in [5, 5.41) is 12.8. The van der Waals surface area contributed by atoms with Gasteiger partial charge in [0.2, 0.25) is 0 Å². The summed E-state index contributed by atoms with van der Waals surface area (Å²) in [6.45, 7) is 2.36. The fourth-order valence-corrected chi connectivity index (χ4v) is 3.67. The van der Waals surface area contributed by atoms with Gasteiger partial charge in [-0.25, -0.2) is 13.4 Å². The number of pyridine rings is 1. The maximum absolute atomic E-state index is 12.5. The van der Waals surface area contributed by atoms with Crippen LogP contribution in [0, 0.1) is 0 Å². The number of aromatic nitrogens is 1. The van der Waals surface area contributed by atoms with Crippen LogP contribution < -0.4 is 5.32 Å². The fraction of sp³-hybridized carbons (Fsp3) is 0.583. The maximum atomic E-state index is 12.5. The molecule has 1 aromatic heterocycles. The number of piperidine rings is 1. The topological polar surface area (TPSA) is 82.5 Å². The predicted molar refractivity (Wildman–Crippen MR) is 72.4 cm³/mol. The lowest BCUT2D eigenvalue weighted by Gasteiger charge is -2.34. The molecule has 19 heavy (non-hydrogen) atoms. The lowest BCUT2D eigenvalue weighted by Crippen LogP contribution is -2.45. The SMILES string of the molecule is CNc1cccnc1S(=O)(=O)N1CCC(C)(O)CC1. The highest BCUT2D eigenvalue weighted by molar-refractivity contribution is 7.89. The Morgan fingerprint density at radius 1 is 1.42 bits per heavy atom. The van der Waals surface area contributed by atoms with Crippen molar-refractivity contribution >= 4 is 15.7 Å². The molecule has 0 saturated carbocycles. The van der Waals surface area contributed by atoms with Crippen LogP contribution in [-0.4, -0.2) is 48.6 Å². The molecule has 7 heteroatoms. The Labute approximate surface area is 113 Å². The summed E-state index contributed by atoms with van der Waals surface area (Å²) in [6, 6.07) is 3.37. The standard InChI is InChI=1S/C12H19N3O3S/c1-12(16)5-8-15(9-6-12)19(17,18)11-10(13-2)4-3-7-14-11/h3-4,7,13,16H,5-6,8-9H2,1-2H3. The van der Waals surface area contributed by atoms with Gasteiger partial charge in [0.05, 0.1) is 11.3 Å². The van der Waals surface area contributed by atoms with E-state index in [0.29, 0.717) is 31.6 Å². The van der Waals surface area contributed by atoms with Crippen LogP contribution in [0.25, 0.3) is 0 Å². The molecule has 0 unspecified atom stereocenters. The number of aliphatic hydroxyl groups is 1. The molecule has 0 radical (unpaired) electrons. The minimum Gasteiger partial charge on any atom is -0.390 e. The zero-order valence-electron chi connectivity index (χ0n) is 11.1. The van der Waals surface area contributed by atoms with Crippen molar-refractivity contribution in [2.75, 3.05) is 25.5 Å². The monoisotopic (exact) mass is 285 g/mol. The van der Waals surface area contributed by atoms with Gasteiger partial charge in [0.1, 0.15) is 0 Å². The van der Waals surface area contributed by atoms with Crippen LogP contribution in [0.15, 0.2) is 23.4 Å². The third-order valence-electron chi connectivity index (χ3n) is 3.42. The van der Waals surface area contributed by atoms with Gasteiger partial charge in [0.15, 0.2) is 5.03 Å². The summed E-state index contributed by atoms with van der Waals surface area (Å²) in [5.74, 6) is 0.